The minimum atomic E-state index is -0.888. The first-order chi connectivity index (χ1) is 11.0. The van der Waals surface area contributed by atoms with Crippen LogP contribution in [0, 0.1) is 11.6 Å². The number of hydrogen-bond donors (Lipinski definition) is 1. The summed E-state index contributed by atoms with van der Waals surface area (Å²) in [7, 11) is 1.52. The fourth-order valence-corrected chi connectivity index (χ4v) is 1.98. The number of nitrogens with one attached hydrogen (secondary N) is 1. The van der Waals surface area contributed by atoms with E-state index in [4.69, 9.17) is 9.47 Å². The molecule has 1 N–H and O–H groups in total. The predicted octanol–water partition coefficient (Wildman–Crippen LogP) is 3.77. The lowest BCUT2D eigenvalue weighted by Gasteiger charge is -2.18. The minimum Gasteiger partial charge on any atom is -0.497 e. The molecule has 2 aromatic rings. The first-order valence-electron chi connectivity index (χ1n) is 7.10. The molecular weight excluding hydrogens is 304 g/mol. The van der Waals surface area contributed by atoms with Crippen molar-refractivity contribution in [2.24, 2.45) is 0 Å². The van der Waals surface area contributed by atoms with E-state index < -0.39 is 29.3 Å². The fraction of sp³-hybridized carbons (Fsp3) is 0.235. The lowest BCUT2D eigenvalue weighted by Crippen LogP contribution is -2.33. The summed E-state index contributed by atoms with van der Waals surface area (Å²) in [5.41, 5.74) is -0.481. The van der Waals surface area contributed by atoms with E-state index >= 15 is 0 Å². The normalized spacial score (nSPS) is 11.7. The topological polar surface area (TPSA) is 47.6 Å². The number of halogens is 2. The molecule has 0 aromatic heterocycles. The zero-order valence-corrected chi connectivity index (χ0v) is 12.8. The lowest BCUT2D eigenvalue weighted by molar-refractivity contribution is -0.122. The van der Waals surface area contributed by atoms with Crippen LogP contribution >= 0.6 is 0 Å². The third-order valence-corrected chi connectivity index (χ3v) is 3.19. The quantitative estimate of drug-likeness (QED) is 0.881. The Kier molecular flexibility index (Phi) is 5.51. The highest BCUT2D eigenvalue weighted by molar-refractivity contribution is 5.94. The van der Waals surface area contributed by atoms with Crippen molar-refractivity contribution in [2.75, 3.05) is 12.4 Å². The average Bonchev–Trinajstić information content (AvgIpc) is 2.56. The highest BCUT2D eigenvalue weighted by atomic mass is 19.1. The summed E-state index contributed by atoms with van der Waals surface area (Å²) in [4.78, 5) is 12.2. The molecule has 0 bridgehead atoms. The Morgan fingerprint density at radius 1 is 1.13 bits per heavy atom. The van der Waals surface area contributed by atoms with Gasteiger partial charge in [0.05, 0.1) is 7.11 Å². The second kappa shape index (κ2) is 7.58. The Bertz CT molecular complexity index is 671. The first kappa shape index (κ1) is 16.7. The highest BCUT2D eigenvalue weighted by Gasteiger charge is 2.21. The summed E-state index contributed by atoms with van der Waals surface area (Å²) in [6.07, 6.45) is -0.555. The maximum atomic E-state index is 13.6. The van der Waals surface area contributed by atoms with Crippen LogP contribution in [0.25, 0.3) is 0 Å². The van der Waals surface area contributed by atoms with Crippen LogP contribution < -0.4 is 14.8 Å². The molecular formula is C17H17F2NO3. The SMILES string of the molecule is CC[C@@H](Oc1cccc(OC)c1)C(=O)Nc1c(F)cccc1F. The molecule has 2 aromatic carbocycles. The van der Waals surface area contributed by atoms with Crippen LogP contribution in [0.1, 0.15) is 13.3 Å². The summed E-state index contributed by atoms with van der Waals surface area (Å²) in [5, 5.41) is 2.23. The fourth-order valence-electron chi connectivity index (χ4n) is 1.98. The molecule has 23 heavy (non-hydrogen) atoms. The van der Waals surface area contributed by atoms with Crippen LogP contribution in [0.2, 0.25) is 0 Å². The lowest BCUT2D eigenvalue weighted by atomic mass is 10.2. The molecule has 0 unspecified atom stereocenters. The molecule has 2 rings (SSSR count). The largest absolute Gasteiger partial charge is 0.497 e. The average molecular weight is 321 g/mol. The number of anilines is 1. The number of para-hydroxylation sites is 1. The number of ether oxygens (including phenoxy) is 2. The van der Waals surface area contributed by atoms with Crippen LogP contribution in [0.5, 0.6) is 11.5 Å². The molecule has 0 fully saturated rings. The van der Waals surface area contributed by atoms with E-state index in [1.807, 2.05) is 0 Å². The summed E-state index contributed by atoms with van der Waals surface area (Å²) in [6, 6.07) is 10.1. The minimum absolute atomic E-state index is 0.332. The van der Waals surface area contributed by atoms with Gasteiger partial charge in [0, 0.05) is 6.07 Å². The zero-order chi connectivity index (χ0) is 16.8. The molecule has 6 heteroatoms. The van der Waals surface area contributed by atoms with Crippen molar-refractivity contribution in [3.8, 4) is 11.5 Å². The Labute approximate surface area is 133 Å². The summed E-state index contributed by atoms with van der Waals surface area (Å²) in [5.74, 6) is -1.29. The van der Waals surface area contributed by atoms with Crippen molar-refractivity contribution in [3.63, 3.8) is 0 Å². The third kappa shape index (κ3) is 4.18. The summed E-state index contributed by atoms with van der Waals surface area (Å²) < 4.78 is 37.8. The molecule has 1 atom stereocenters. The van der Waals surface area contributed by atoms with Gasteiger partial charge in [-0.05, 0) is 30.7 Å². The maximum absolute atomic E-state index is 13.6. The van der Waals surface area contributed by atoms with Crippen LogP contribution in [-0.2, 0) is 4.79 Å². The molecule has 0 saturated carbocycles. The second-order valence-electron chi connectivity index (χ2n) is 4.78. The third-order valence-electron chi connectivity index (χ3n) is 3.19. The van der Waals surface area contributed by atoms with Crippen molar-refractivity contribution >= 4 is 11.6 Å². The number of carbonyl (C=O) groups excluding carboxylic acids is 1. The molecule has 0 heterocycles. The van der Waals surface area contributed by atoms with Gasteiger partial charge in [-0.25, -0.2) is 8.78 Å². The van der Waals surface area contributed by atoms with Crippen molar-refractivity contribution in [1.82, 2.24) is 0 Å². The predicted molar refractivity (Wildman–Crippen MR) is 82.7 cm³/mol. The molecule has 4 nitrogen and oxygen atoms in total. The Balaban J connectivity index is 2.12. The molecule has 0 aliphatic heterocycles. The zero-order valence-electron chi connectivity index (χ0n) is 12.8. The second-order valence-corrected chi connectivity index (χ2v) is 4.78. The number of methoxy groups -OCH3 is 1. The van der Waals surface area contributed by atoms with Gasteiger partial charge < -0.3 is 14.8 Å². The smallest absolute Gasteiger partial charge is 0.265 e. The Morgan fingerprint density at radius 2 is 1.74 bits per heavy atom. The van der Waals surface area contributed by atoms with Gasteiger partial charge in [-0.15, -0.1) is 0 Å². The van der Waals surface area contributed by atoms with Crippen LogP contribution in [-0.4, -0.2) is 19.1 Å². The molecule has 0 saturated heterocycles. The van der Waals surface area contributed by atoms with Gasteiger partial charge >= 0.3 is 0 Å². The van der Waals surface area contributed by atoms with E-state index in [0.717, 1.165) is 12.1 Å². The van der Waals surface area contributed by atoms with E-state index in [0.29, 0.717) is 17.9 Å². The van der Waals surface area contributed by atoms with Crippen molar-refractivity contribution < 1.29 is 23.0 Å². The van der Waals surface area contributed by atoms with Gasteiger partial charge in [0.25, 0.3) is 5.91 Å². The van der Waals surface area contributed by atoms with Crippen LogP contribution in [0.15, 0.2) is 42.5 Å². The van der Waals surface area contributed by atoms with Gasteiger partial charge in [-0.2, -0.15) is 0 Å². The molecule has 0 radical (unpaired) electrons. The van der Waals surface area contributed by atoms with Crippen molar-refractivity contribution in [1.29, 1.82) is 0 Å². The van der Waals surface area contributed by atoms with E-state index in [1.54, 1.807) is 31.2 Å². The van der Waals surface area contributed by atoms with E-state index in [9.17, 15) is 13.6 Å². The Morgan fingerprint density at radius 3 is 2.35 bits per heavy atom. The number of carbonyl (C=O) groups is 1. The van der Waals surface area contributed by atoms with Crippen molar-refractivity contribution in [3.05, 3.63) is 54.1 Å². The molecule has 0 aliphatic rings. The van der Waals surface area contributed by atoms with E-state index in [2.05, 4.69) is 5.32 Å². The van der Waals surface area contributed by atoms with Gasteiger partial charge in [0.1, 0.15) is 28.8 Å². The number of rotatable bonds is 6. The molecule has 1 amide bonds. The number of amides is 1. The van der Waals surface area contributed by atoms with E-state index in [1.165, 1.54) is 13.2 Å². The standard InChI is InChI=1S/C17H17F2NO3/c1-3-15(23-12-7-4-6-11(10-12)22-2)17(21)20-16-13(18)8-5-9-14(16)19/h4-10,15H,3H2,1-2H3,(H,20,21)/t15-/m1/s1. The van der Waals surface area contributed by atoms with Gasteiger partial charge in [-0.1, -0.05) is 19.1 Å². The Hall–Kier alpha value is -2.63. The molecule has 0 spiro atoms. The summed E-state index contributed by atoms with van der Waals surface area (Å²) >= 11 is 0. The maximum Gasteiger partial charge on any atom is 0.265 e. The molecule has 122 valence electrons. The number of hydrogen-bond acceptors (Lipinski definition) is 3. The van der Waals surface area contributed by atoms with Gasteiger partial charge in [0.2, 0.25) is 0 Å². The van der Waals surface area contributed by atoms with Crippen LogP contribution in [0.4, 0.5) is 14.5 Å². The van der Waals surface area contributed by atoms with E-state index in [-0.39, 0.29) is 0 Å². The van der Waals surface area contributed by atoms with Gasteiger partial charge in [0.15, 0.2) is 6.10 Å². The number of benzene rings is 2. The van der Waals surface area contributed by atoms with Crippen LogP contribution in [0.3, 0.4) is 0 Å². The first-order valence-corrected chi connectivity index (χ1v) is 7.10. The van der Waals surface area contributed by atoms with Crippen molar-refractivity contribution in [2.45, 2.75) is 19.4 Å². The molecule has 0 aliphatic carbocycles. The van der Waals surface area contributed by atoms with Gasteiger partial charge in [-0.3, -0.25) is 4.79 Å². The monoisotopic (exact) mass is 321 g/mol. The summed E-state index contributed by atoms with van der Waals surface area (Å²) in [6.45, 7) is 1.74. The highest BCUT2D eigenvalue weighted by Crippen LogP contribution is 2.22.